The molecule has 1 aliphatic heterocycles. The molecule has 3 aromatic rings. The van der Waals surface area contributed by atoms with Crippen LogP contribution >= 0.6 is 11.3 Å². The molecule has 4 rings (SSSR count). The molecular formula is C26H30F2N6O3S. The molecule has 2 unspecified atom stereocenters. The molecule has 3 heterocycles. The third-order valence-corrected chi connectivity index (χ3v) is 7.47. The zero-order valence-corrected chi connectivity index (χ0v) is 22.2. The molecule has 0 radical (unpaired) electrons. The van der Waals surface area contributed by atoms with Crippen molar-refractivity contribution in [2.75, 3.05) is 6.54 Å². The average Bonchev–Trinajstić information content (AvgIpc) is 3.53. The van der Waals surface area contributed by atoms with E-state index in [1.54, 1.807) is 18.7 Å². The van der Waals surface area contributed by atoms with Crippen LogP contribution in [0.2, 0.25) is 0 Å². The number of rotatable bonds is 8. The largest absolute Gasteiger partial charge is 0.345 e. The number of H-pyrrole nitrogens is 1. The number of amides is 3. The molecule has 12 heteroatoms. The summed E-state index contributed by atoms with van der Waals surface area (Å²) < 4.78 is 27.5. The summed E-state index contributed by atoms with van der Waals surface area (Å²) in [5, 5.41) is 6.17. The highest BCUT2D eigenvalue weighted by atomic mass is 32.1. The zero-order chi connectivity index (χ0) is 27.4. The highest BCUT2D eigenvalue weighted by Gasteiger charge is 2.31. The maximum atomic E-state index is 14.2. The molecule has 0 aliphatic carbocycles. The van der Waals surface area contributed by atoms with E-state index < -0.39 is 35.5 Å². The van der Waals surface area contributed by atoms with Crippen LogP contribution in [-0.4, -0.2) is 56.2 Å². The third-order valence-electron chi connectivity index (χ3n) is 6.55. The summed E-state index contributed by atoms with van der Waals surface area (Å²) in [6, 6.07) is 1.49. The van der Waals surface area contributed by atoms with Crippen LogP contribution in [0.15, 0.2) is 30.6 Å². The van der Waals surface area contributed by atoms with Crippen molar-refractivity contribution in [2.24, 2.45) is 0 Å². The average molecular weight is 545 g/mol. The number of likely N-dealkylation sites (tertiary alicyclic amines) is 1. The lowest BCUT2D eigenvalue weighted by Crippen LogP contribution is -2.51. The van der Waals surface area contributed by atoms with Crippen molar-refractivity contribution in [3.05, 3.63) is 57.9 Å². The molecular weight excluding hydrogens is 514 g/mol. The van der Waals surface area contributed by atoms with Gasteiger partial charge in [-0.1, -0.05) is 0 Å². The van der Waals surface area contributed by atoms with E-state index in [9.17, 15) is 23.2 Å². The summed E-state index contributed by atoms with van der Waals surface area (Å²) in [6.45, 7) is 6.03. The Labute approximate surface area is 223 Å². The van der Waals surface area contributed by atoms with Crippen LogP contribution in [0.1, 0.15) is 66.1 Å². The molecule has 0 saturated carbocycles. The molecule has 1 fully saturated rings. The predicted molar refractivity (Wildman–Crippen MR) is 138 cm³/mol. The topological polar surface area (TPSA) is 120 Å². The van der Waals surface area contributed by atoms with Gasteiger partial charge in [0, 0.05) is 24.2 Å². The van der Waals surface area contributed by atoms with E-state index in [0.717, 1.165) is 31.4 Å². The van der Waals surface area contributed by atoms with Gasteiger partial charge in [0.05, 0.1) is 35.6 Å². The second-order valence-electron chi connectivity index (χ2n) is 9.44. The zero-order valence-electron chi connectivity index (χ0n) is 21.4. The fourth-order valence-electron chi connectivity index (χ4n) is 4.45. The Morgan fingerprint density at radius 2 is 1.97 bits per heavy atom. The van der Waals surface area contributed by atoms with Gasteiger partial charge in [0.1, 0.15) is 28.4 Å². The van der Waals surface area contributed by atoms with Gasteiger partial charge in [-0.3, -0.25) is 14.4 Å². The molecule has 9 nitrogen and oxygen atoms in total. The van der Waals surface area contributed by atoms with E-state index in [-0.39, 0.29) is 23.9 Å². The number of hydrogen-bond acceptors (Lipinski definition) is 6. The number of piperidine rings is 1. The van der Waals surface area contributed by atoms with E-state index in [1.807, 2.05) is 6.92 Å². The smallest absolute Gasteiger partial charge is 0.263 e. The predicted octanol–water partition coefficient (Wildman–Crippen LogP) is 3.89. The molecule has 3 atom stereocenters. The van der Waals surface area contributed by atoms with Gasteiger partial charge in [-0.25, -0.2) is 18.7 Å². The molecule has 1 aromatic carbocycles. The van der Waals surface area contributed by atoms with Crippen LogP contribution in [0.25, 0.3) is 11.3 Å². The van der Waals surface area contributed by atoms with Crippen molar-refractivity contribution in [3.8, 4) is 11.3 Å². The summed E-state index contributed by atoms with van der Waals surface area (Å²) in [6.07, 6.45) is 5.45. The number of aromatic amines is 1. The maximum Gasteiger partial charge on any atom is 0.263 e. The Morgan fingerprint density at radius 3 is 2.66 bits per heavy atom. The Kier molecular flexibility index (Phi) is 8.50. The SMILES string of the molecule is Cc1ncc(C(=O)NC(CC(=O)N2CCCCC2C)C(=O)N[C@@H](C)c2ncc(-c3ccc(F)cc3F)[nH]2)s1. The molecule has 0 spiro atoms. The van der Waals surface area contributed by atoms with Crippen LogP contribution in [0, 0.1) is 18.6 Å². The Morgan fingerprint density at radius 1 is 1.18 bits per heavy atom. The lowest BCUT2D eigenvalue weighted by molar-refractivity contribution is -0.137. The van der Waals surface area contributed by atoms with Gasteiger partial charge in [0.25, 0.3) is 5.91 Å². The maximum absolute atomic E-state index is 14.2. The van der Waals surface area contributed by atoms with Crippen molar-refractivity contribution in [3.63, 3.8) is 0 Å². The summed E-state index contributed by atoms with van der Waals surface area (Å²) >= 11 is 1.19. The van der Waals surface area contributed by atoms with Gasteiger partial charge in [-0.05, 0) is 52.2 Å². The van der Waals surface area contributed by atoms with Crippen LogP contribution in [-0.2, 0) is 9.59 Å². The first kappa shape index (κ1) is 27.4. The molecule has 3 amide bonds. The minimum absolute atomic E-state index is 0.0622. The normalized spacial score (nSPS) is 17.1. The first-order valence-electron chi connectivity index (χ1n) is 12.5. The van der Waals surface area contributed by atoms with Gasteiger partial charge in [0.15, 0.2) is 0 Å². The number of imidazole rings is 1. The molecule has 3 N–H and O–H groups in total. The highest BCUT2D eigenvalue weighted by molar-refractivity contribution is 7.13. The molecule has 2 aromatic heterocycles. The number of carbonyl (C=O) groups is 3. The van der Waals surface area contributed by atoms with Crippen molar-refractivity contribution in [1.29, 1.82) is 0 Å². The molecule has 38 heavy (non-hydrogen) atoms. The lowest BCUT2D eigenvalue weighted by atomic mass is 10.0. The number of aryl methyl sites for hydroxylation is 1. The summed E-state index contributed by atoms with van der Waals surface area (Å²) in [7, 11) is 0. The minimum atomic E-state index is -1.13. The van der Waals surface area contributed by atoms with Gasteiger partial charge in [-0.2, -0.15) is 0 Å². The third kappa shape index (κ3) is 6.42. The van der Waals surface area contributed by atoms with Crippen molar-refractivity contribution in [1.82, 2.24) is 30.5 Å². The summed E-state index contributed by atoms with van der Waals surface area (Å²) in [5.41, 5.74) is 0.452. The van der Waals surface area contributed by atoms with Crippen molar-refractivity contribution < 1.29 is 23.2 Å². The number of nitrogens with zero attached hydrogens (tertiary/aromatic N) is 3. The quantitative estimate of drug-likeness (QED) is 0.398. The van der Waals surface area contributed by atoms with Crippen LogP contribution in [0.4, 0.5) is 8.78 Å². The van der Waals surface area contributed by atoms with E-state index in [4.69, 9.17) is 0 Å². The number of halogens is 2. The van der Waals surface area contributed by atoms with E-state index in [0.29, 0.717) is 27.9 Å². The number of thiazole rings is 1. The molecule has 1 aliphatic rings. The minimum Gasteiger partial charge on any atom is -0.345 e. The Hall–Kier alpha value is -3.67. The van der Waals surface area contributed by atoms with Crippen LogP contribution in [0.5, 0.6) is 0 Å². The van der Waals surface area contributed by atoms with E-state index in [2.05, 4.69) is 25.6 Å². The molecule has 1 saturated heterocycles. The number of benzene rings is 1. The van der Waals surface area contributed by atoms with Crippen LogP contribution < -0.4 is 10.6 Å². The first-order valence-corrected chi connectivity index (χ1v) is 13.3. The second kappa shape index (κ2) is 11.8. The van der Waals surface area contributed by atoms with Gasteiger partial charge >= 0.3 is 0 Å². The second-order valence-corrected chi connectivity index (χ2v) is 10.7. The van der Waals surface area contributed by atoms with E-state index in [1.165, 1.54) is 29.8 Å². The Balaban J connectivity index is 1.49. The summed E-state index contributed by atoms with van der Waals surface area (Å²) in [5.74, 6) is -2.37. The molecule has 0 bridgehead atoms. The van der Waals surface area contributed by atoms with E-state index >= 15 is 0 Å². The van der Waals surface area contributed by atoms with Gasteiger partial charge in [0.2, 0.25) is 11.8 Å². The fraction of sp³-hybridized carbons (Fsp3) is 0.423. The number of hydrogen-bond donors (Lipinski definition) is 3. The van der Waals surface area contributed by atoms with Gasteiger partial charge in [-0.15, -0.1) is 11.3 Å². The monoisotopic (exact) mass is 544 g/mol. The van der Waals surface area contributed by atoms with Crippen LogP contribution in [0.3, 0.4) is 0 Å². The standard InChI is InChI=1S/C26H30F2N6O3S/c1-14-6-4-5-9-34(14)23(35)11-20(33-26(37)22-13-29-16(3)38-22)25(36)31-15(2)24-30-12-21(32-24)18-8-7-17(27)10-19(18)28/h7-8,10,12-15,20H,4-6,9,11H2,1-3H3,(H,30,32)(H,31,36)(H,33,37)/t14?,15-,20?/m0/s1. The first-order chi connectivity index (χ1) is 18.1. The van der Waals surface area contributed by atoms with Crippen molar-refractivity contribution in [2.45, 2.75) is 64.6 Å². The lowest BCUT2D eigenvalue weighted by Gasteiger charge is -2.34. The highest BCUT2D eigenvalue weighted by Crippen LogP contribution is 2.23. The van der Waals surface area contributed by atoms with Gasteiger partial charge < -0.3 is 20.5 Å². The van der Waals surface area contributed by atoms with Crippen molar-refractivity contribution >= 4 is 29.1 Å². The Bertz CT molecular complexity index is 1330. The number of carbonyl (C=O) groups excluding carboxylic acids is 3. The summed E-state index contributed by atoms with van der Waals surface area (Å²) in [4.78, 5) is 52.6. The number of nitrogens with one attached hydrogen (secondary N) is 3. The fourth-order valence-corrected chi connectivity index (χ4v) is 5.13. The molecule has 202 valence electrons. The number of aromatic nitrogens is 3.